The van der Waals surface area contributed by atoms with Gasteiger partial charge in [0.1, 0.15) is 5.82 Å². The van der Waals surface area contributed by atoms with Crippen molar-refractivity contribution < 1.29 is 0 Å². The van der Waals surface area contributed by atoms with E-state index in [1.54, 1.807) is 6.20 Å². The van der Waals surface area contributed by atoms with Gasteiger partial charge in [-0.25, -0.2) is 4.98 Å². The third-order valence-electron chi connectivity index (χ3n) is 2.99. The van der Waals surface area contributed by atoms with Crippen molar-refractivity contribution in [3.8, 4) is 0 Å². The first kappa shape index (κ1) is 14.3. The van der Waals surface area contributed by atoms with Gasteiger partial charge >= 0.3 is 0 Å². The second kappa shape index (κ2) is 7.48. The summed E-state index contributed by atoms with van der Waals surface area (Å²) >= 11 is 0. The molecule has 0 bridgehead atoms. The molecular weight excluding hydrogens is 248 g/mol. The molecule has 0 unspecified atom stereocenters. The SMILES string of the molecule is CCCNc1nccc(Nc2ccccc2CCC)n1. The second-order valence-corrected chi connectivity index (χ2v) is 4.72. The van der Waals surface area contributed by atoms with Crippen molar-refractivity contribution in [3.63, 3.8) is 0 Å². The van der Waals surface area contributed by atoms with Crippen LogP contribution in [0.5, 0.6) is 0 Å². The second-order valence-electron chi connectivity index (χ2n) is 4.72. The Bertz CT molecular complexity index is 540. The van der Waals surface area contributed by atoms with E-state index in [1.807, 2.05) is 12.1 Å². The Kier molecular flexibility index (Phi) is 5.35. The molecule has 2 N–H and O–H groups in total. The molecule has 1 aromatic carbocycles. The number of benzene rings is 1. The lowest BCUT2D eigenvalue weighted by molar-refractivity contribution is 0.923. The van der Waals surface area contributed by atoms with Gasteiger partial charge in [-0.05, 0) is 30.5 Å². The largest absolute Gasteiger partial charge is 0.354 e. The number of hydrogen-bond acceptors (Lipinski definition) is 4. The fourth-order valence-corrected chi connectivity index (χ4v) is 2.02. The third-order valence-corrected chi connectivity index (χ3v) is 2.99. The molecule has 0 saturated heterocycles. The van der Waals surface area contributed by atoms with E-state index in [0.717, 1.165) is 37.3 Å². The lowest BCUT2D eigenvalue weighted by Crippen LogP contribution is -2.06. The Hall–Kier alpha value is -2.10. The molecule has 4 nitrogen and oxygen atoms in total. The van der Waals surface area contributed by atoms with Crippen LogP contribution in [0, 0.1) is 0 Å². The molecule has 0 radical (unpaired) electrons. The Morgan fingerprint density at radius 1 is 1.05 bits per heavy atom. The Morgan fingerprint density at radius 3 is 2.70 bits per heavy atom. The minimum atomic E-state index is 0.671. The molecule has 0 amide bonds. The molecule has 20 heavy (non-hydrogen) atoms. The summed E-state index contributed by atoms with van der Waals surface area (Å²) in [7, 11) is 0. The van der Waals surface area contributed by atoms with Crippen molar-refractivity contribution in [1.82, 2.24) is 9.97 Å². The van der Waals surface area contributed by atoms with E-state index in [2.05, 4.69) is 52.6 Å². The lowest BCUT2D eigenvalue weighted by atomic mass is 10.1. The van der Waals surface area contributed by atoms with Crippen LogP contribution in [0.25, 0.3) is 0 Å². The summed E-state index contributed by atoms with van der Waals surface area (Å²) in [4.78, 5) is 8.69. The van der Waals surface area contributed by atoms with Crippen LogP contribution in [0.3, 0.4) is 0 Å². The molecule has 1 heterocycles. The van der Waals surface area contributed by atoms with Crippen LogP contribution in [0.2, 0.25) is 0 Å². The minimum Gasteiger partial charge on any atom is -0.354 e. The maximum Gasteiger partial charge on any atom is 0.224 e. The van der Waals surface area contributed by atoms with Gasteiger partial charge in [0.25, 0.3) is 0 Å². The molecule has 2 aromatic rings. The summed E-state index contributed by atoms with van der Waals surface area (Å²) in [5.41, 5.74) is 2.44. The first-order valence-electron chi connectivity index (χ1n) is 7.25. The average Bonchev–Trinajstić information content (AvgIpc) is 2.48. The van der Waals surface area contributed by atoms with Crippen molar-refractivity contribution in [1.29, 1.82) is 0 Å². The molecule has 4 heteroatoms. The smallest absolute Gasteiger partial charge is 0.224 e. The highest BCUT2D eigenvalue weighted by Gasteiger charge is 2.03. The molecule has 0 fully saturated rings. The first-order valence-corrected chi connectivity index (χ1v) is 7.25. The molecule has 106 valence electrons. The zero-order chi connectivity index (χ0) is 14.2. The monoisotopic (exact) mass is 270 g/mol. The number of anilines is 3. The van der Waals surface area contributed by atoms with Crippen molar-refractivity contribution in [2.24, 2.45) is 0 Å². The van der Waals surface area contributed by atoms with E-state index < -0.39 is 0 Å². The highest BCUT2D eigenvalue weighted by Crippen LogP contribution is 2.21. The van der Waals surface area contributed by atoms with Gasteiger partial charge in [0.05, 0.1) is 0 Å². The van der Waals surface area contributed by atoms with Crippen LogP contribution < -0.4 is 10.6 Å². The maximum absolute atomic E-state index is 4.47. The maximum atomic E-state index is 4.47. The van der Waals surface area contributed by atoms with Crippen molar-refractivity contribution in [3.05, 3.63) is 42.1 Å². The molecule has 0 aliphatic carbocycles. The van der Waals surface area contributed by atoms with E-state index in [4.69, 9.17) is 0 Å². The molecule has 0 aliphatic rings. The van der Waals surface area contributed by atoms with E-state index in [1.165, 1.54) is 5.56 Å². The third kappa shape index (κ3) is 3.95. The van der Waals surface area contributed by atoms with Crippen LogP contribution in [0.1, 0.15) is 32.3 Å². The number of para-hydroxylation sites is 1. The predicted molar refractivity (Wildman–Crippen MR) is 84.5 cm³/mol. The topological polar surface area (TPSA) is 49.8 Å². The first-order chi connectivity index (χ1) is 9.83. The van der Waals surface area contributed by atoms with Crippen molar-refractivity contribution >= 4 is 17.5 Å². The molecule has 1 aromatic heterocycles. The Balaban J connectivity index is 2.13. The van der Waals surface area contributed by atoms with E-state index in [0.29, 0.717) is 5.95 Å². The average molecular weight is 270 g/mol. The van der Waals surface area contributed by atoms with Crippen LogP contribution in [0.4, 0.5) is 17.5 Å². The number of hydrogen-bond donors (Lipinski definition) is 2. The minimum absolute atomic E-state index is 0.671. The summed E-state index contributed by atoms with van der Waals surface area (Å²) in [6.45, 7) is 5.19. The zero-order valence-electron chi connectivity index (χ0n) is 12.2. The van der Waals surface area contributed by atoms with E-state index in [-0.39, 0.29) is 0 Å². The summed E-state index contributed by atoms with van der Waals surface area (Å²) < 4.78 is 0. The van der Waals surface area contributed by atoms with Gasteiger partial charge in [0.15, 0.2) is 0 Å². The van der Waals surface area contributed by atoms with Crippen molar-refractivity contribution in [2.45, 2.75) is 33.1 Å². The number of nitrogens with zero attached hydrogens (tertiary/aromatic N) is 2. The number of nitrogens with one attached hydrogen (secondary N) is 2. The highest BCUT2D eigenvalue weighted by atomic mass is 15.1. The van der Waals surface area contributed by atoms with E-state index in [9.17, 15) is 0 Å². The van der Waals surface area contributed by atoms with E-state index >= 15 is 0 Å². The highest BCUT2D eigenvalue weighted by molar-refractivity contribution is 5.61. The normalized spacial score (nSPS) is 10.3. The number of aryl methyl sites for hydroxylation is 1. The van der Waals surface area contributed by atoms with Gasteiger partial charge in [-0.3, -0.25) is 0 Å². The molecule has 0 atom stereocenters. The molecule has 0 aliphatic heterocycles. The molecule has 0 spiro atoms. The summed E-state index contributed by atoms with van der Waals surface area (Å²) in [5.74, 6) is 1.49. The molecular formula is C16H22N4. The predicted octanol–water partition coefficient (Wildman–Crippen LogP) is 3.99. The van der Waals surface area contributed by atoms with Gasteiger partial charge in [-0.2, -0.15) is 4.98 Å². The number of aromatic nitrogens is 2. The van der Waals surface area contributed by atoms with Gasteiger partial charge in [-0.1, -0.05) is 38.5 Å². The standard InChI is InChI=1S/C16H22N4/c1-3-7-13-8-5-6-9-14(13)19-15-10-12-18-16(20-15)17-11-4-2/h5-6,8-10,12H,3-4,7,11H2,1-2H3,(H2,17,18,19,20). The van der Waals surface area contributed by atoms with Crippen LogP contribution in [-0.4, -0.2) is 16.5 Å². The van der Waals surface area contributed by atoms with Gasteiger partial charge in [0, 0.05) is 18.4 Å². The summed E-state index contributed by atoms with van der Waals surface area (Å²) in [6, 6.07) is 10.2. The molecule has 2 rings (SSSR count). The fourth-order valence-electron chi connectivity index (χ4n) is 2.02. The Morgan fingerprint density at radius 2 is 1.90 bits per heavy atom. The lowest BCUT2D eigenvalue weighted by Gasteiger charge is -2.11. The van der Waals surface area contributed by atoms with Crippen molar-refractivity contribution in [2.75, 3.05) is 17.2 Å². The molecule has 0 saturated carbocycles. The van der Waals surface area contributed by atoms with Gasteiger partial charge in [-0.15, -0.1) is 0 Å². The Labute approximate surface area is 120 Å². The van der Waals surface area contributed by atoms with Crippen LogP contribution >= 0.6 is 0 Å². The van der Waals surface area contributed by atoms with Gasteiger partial charge < -0.3 is 10.6 Å². The zero-order valence-corrected chi connectivity index (χ0v) is 12.2. The number of rotatable bonds is 7. The quantitative estimate of drug-likeness (QED) is 0.798. The summed E-state index contributed by atoms with van der Waals surface area (Å²) in [5, 5.41) is 6.58. The summed E-state index contributed by atoms with van der Waals surface area (Å²) in [6.07, 6.45) is 5.02. The van der Waals surface area contributed by atoms with Crippen LogP contribution in [0.15, 0.2) is 36.5 Å². The van der Waals surface area contributed by atoms with Crippen LogP contribution in [-0.2, 0) is 6.42 Å². The van der Waals surface area contributed by atoms with Gasteiger partial charge in [0.2, 0.25) is 5.95 Å². The fraction of sp³-hybridized carbons (Fsp3) is 0.375.